The molecule has 0 radical (unpaired) electrons. The van der Waals surface area contributed by atoms with Crippen LogP contribution in [0.15, 0.2) is 35.7 Å². The van der Waals surface area contributed by atoms with Gasteiger partial charge >= 0.3 is 5.97 Å². The summed E-state index contributed by atoms with van der Waals surface area (Å²) in [6.07, 6.45) is 3.59. The van der Waals surface area contributed by atoms with Crippen LogP contribution in [-0.2, 0) is 29.1 Å². The van der Waals surface area contributed by atoms with Crippen LogP contribution in [0, 0.1) is 12.8 Å². The first kappa shape index (κ1) is 33.0. The molecule has 1 fully saturated rings. The predicted octanol–water partition coefficient (Wildman–Crippen LogP) is 6.98. The Balaban J connectivity index is 1.32. The average Bonchev–Trinajstić information content (AvgIpc) is 3.53. The fraction of sp³-hybridized carbons (Fsp3) is 0.529. The summed E-state index contributed by atoms with van der Waals surface area (Å²) < 4.78 is 19.4. The SMILES string of the molecule is CCO[C@@H]1CN(c2nc(-c3cc(C)ccc3OCc3cc4c(c(OC)c3)CN(C(CC)CCI)CC4)cs2)CC[C@@H]1C(=O)O. The molecule has 0 saturated carbocycles. The van der Waals surface area contributed by atoms with Gasteiger partial charge in [-0.15, -0.1) is 11.3 Å². The van der Waals surface area contributed by atoms with Crippen molar-refractivity contribution in [3.8, 4) is 22.8 Å². The number of aryl methyl sites for hydroxylation is 1. The van der Waals surface area contributed by atoms with E-state index in [0.717, 1.165) is 58.5 Å². The standard InChI is InChI=1S/C34H44IN3O5S/c1-5-25(9-12-35)37-13-10-24-16-23(17-31(41-4)28(24)18-37)20-43-30-8-7-22(3)15-27(30)29-21-44-34(36-29)38-14-11-26(33(39)40)32(19-38)42-6-2/h7-8,15-17,21,25-26,32H,5-6,9-14,18-20H2,1-4H3,(H,39,40)/t25?,26-,32+/m0/s1. The summed E-state index contributed by atoms with van der Waals surface area (Å²) in [6.45, 7) is 10.4. The molecule has 3 aromatic rings. The zero-order valence-corrected chi connectivity index (χ0v) is 29.2. The fourth-order valence-corrected chi connectivity index (χ4v) is 8.06. The number of nitrogens with zero attached hydrogens (tertiary/aromatic N) is 3. The van der Waals surface area contributed by atoms with E-state index in [-0.39, 0.29) is 6.10 Å². The minimum atomic E-state index is -0.792. The number of anilines is 1. The van der Waals surface area contributed by atoms with Crippen molar-refractivity contribution >= 4 is 45.0 Å². The second-order valence-electron chi connectivity index (χ2n) is 11.7. The lowest BCUT2D eigenvalue weighted by molar-refractivity contribution is -0.148. The maximum Gasteiger partial charge on any atom is 0.309 e. The molecule has 1 unspecified atom stereocenters. The minimum absolute atomic E-state index is 0.350. The van der Waals surface area contributed by atoms with E-state index in [1.807, 2.05) is 13.0 Å². The third kappa shape index (κ3) is 7.51. The Morgan fingerprint density at radius 1 is 1.20 bits per heavy atom. The first-order valence-electron chi connectivity index (χ1n) is 15.6. The van der Waals surface area contributed by atoms with E-state index in [4.69, 9.17) is 19.2 Å². The number of alkyl halides is 1. The third-order valence-corrected chi connectivity index (χ3v) is 10.4. The maximum absolute atomic E-state index is 11.7. The van der Waals surface area contributed by atoms with E-state index >= 15 is 0 Å². The lowest BCUT2D eigenvalue weighted by Crippen LogP contribution is -2.48. The molecule has 3 atom stereocenters. The summed E-state index contributed by atoms with van der Waals surface area (Å²) in [7, 11) is 1.76. The summed E-state index contributed by atoms with van der Waals surface area (Å²) in [5.41, 5.74) is 6.71. The number of thiazole rings is 1. The highest BCUT2D eigenvalue weighted by Gasteiger charge is 2.35. The number of methoxy groups -OCH3 is 1. The zero-order chi connectivity index (χ0) is 31.2. The molecule has 0 bridgehead atoms. The summed E-state index contributed by atoms with van der Waals surface area (Å²) in [6, 6.07) is 11.2. The second kappa shape index (κ2) is 15.2. The van der Waals surface area contributed by atoms with Crippen LogP contribution in [0.1, 0.15) is 55.4 Å². The number of aliphatic carboxylic acids is 1. The quantitative estimate of drug-likeness (QED) is 0.149. The average molecular weight is 734 g/mol. The van der Waals surface area contributed by atoms with Gasteiger partial charge in [0.1, 0.15) is 18.1 Å². The summed E-state index contributed by atoms with van der Waals surface area (Å²) >= 11 is 4.06. The van der Waals surface area contributed by atoms with Crippen molar-refractivity contribution in [3.63, 3.8) is 0 Å². The highest BCUT2D eigenvalue weighted by Crippen LogP contribution is 2.37. The van der Waals surface area contributed by atoms with Crippen molar-refractivity contribution < 1.29 is 24.1 Å². The van der Waals surface area contributed by atoms with Crippen molar-refractivity contribution in [1.29, 1.82) is 0 Å². The number of carboxylic acid groups (broad SMARTS) is 1. The molecule has 0 amide bonds. The van der Waals surface area contributed by atoms with E-state index < -0.39 is 11.9 Å². The molecule has 3 heterocycles. The fourth-order valence-electron chi connectivity index (χ4n) is 6.48. The number of fused-ring (bicyclic) bond motifs is 1. The van der Waals surface area contributed by atoms with E-state index in [9.17, 15) is 9.90 Å². The highest BCUT2D eigenvalue weighted by molar-refractivity contribution is 14.1. The smallest absolute Gasteiger partial charge is 0.309 e. The number of benzene rings is 2. The normalized spacial score (nSPS) is 19.4. The minimum Gasteiger partial charge on any atom is -0.496 e. The summed E-state index contributed by atoms with van der Waals surface area (Å²) in [4.78, 5) is 21.5. The number of hydrogen-bond acceptors (Lipinski definition) is 8. The Labute approximate surface area is 278 Å². The van der Waals surface area contributed by atoms with Gasteiger partial charge in [0.2, 0.25) is 0 Å². The second-order valence-corrected chi connectivity index (χ2v) is 13.6. The van der Waals surface area contributed by atoms with Crippen LogP contribution in [0.3, 0.4) is 0 Å². The van der Waals surface area contributed by atoms with Gasteiger partial charge in [-0.3, -0.25) is 9.69 Å². The van der Waals surface area contributed by atoms with E-state index in [0.29, 0.717) is 38.8 Å². The third-order valence-electron chi connectivity index (χ3n) is 8.87. The summed E-state index contributed by atoms with van der Waals surface area (Å²) in [5, 5.41) is 12.6. The van der Waals surface area contributed by atoms with Crippen LogP contribution < -0.4 is 14.4 Å². The molecule has 238 valence electrons. The number of hydrogen-bond donors (Lipinski definition) is 1. The topological polar surface area (TPSA) is 84.4 Å². The van der Waals surface area contributed by atoms with Crippen molar-refractivity contribution in [1.82, 2.24) is 9.88 Å². The number of carbonyl (C=O) groups is 1. The van der Waals surface area contributed by atoms with Gasteiger partial charge in [0, 0.05) is 59.8 Å². The summed E-state index contributed by atoms with van der Waals surface area (Å²) in [5.74, 6) is 0.453. The molecule has 8 nitrogen and oxygen atoms in total. The van der Waals surface area contributed by atoms with Crippen LogP contribution in [0.5, 0.6) is 11.5 Å². The van der Waals surface area contributed by atoms with Gasteiger partial charge in [-0.25, -0.2) is 4.98 Å². The lowest BCUT2D eigenvalue weighted by atomic mass is 9.94. The number of aromatic nitrogens is 1. The van der Waals surface area contributed by atoms with Crippen molar-refractivity contribution in [3.05, 3.63) is 58.0 Å². The largest absolute Gasteiger partial charge is 0.496 e. The van der Waals surface area contributed by atoms with Crippen LogP contribution in [-0.4, -0.2) is 70.9 Å². The van der Waals surface area contributed by atoms with Gasteiger partial charge in [0.05, 0.1) is 24.8 Å². The first-order valence-corrected chi connectivity index (χ1v) is 18.0. The van der Waals surface area contributed by atoms with Crippen molar-refractivity contribution in [2.45, 2.75) is 71.8 Å². The molecule has 44 heavy (non-hydrogen) atoms. The Morgan fingerprint density at radius 2 is 2.05 bits per heavy atom. The molecule has 2 aliphatic heterocycles. The number of ether oxygens (including phenoxy) is 3. The van der Waals surface area contributed by atoms with Crippen LogP contribution in [0.25, 0.3) is 11.3 Å². The van der Waals surface area contributed by atoms with E-state index in [1.54, 1.807) is 18.4 Å². The number of halogens is 1. The lowest BCUT2D eigenvalue weighted by Gasteiger charge is -2.36. The zero-order valence-electron chi connectivity index (χ0n) is 26.2. The molecule has 1 saturated heterocycles. The van der Waals surface area contributed by atoms with Gasteiger partial charge < -0.3 is 24.2 Å². The molecular formula is C34H44IN3O5S. The van der Waals surface area contributed by atoms with Gasteiger partial charge in [-0.1, -0.05) is 47.2 Å². The van der Waals surface area contributed by atoms with Gasteiger partial charge in [0.25, 0.3) is 0 Å². The van der Waals surface area contributed by atoms with Crippen LogP contribution in [0.2, 0.25) is 0 Å². The van der Waals surface area contributed by atoms with Gasteiger partial charge in [0.15, 0.2) is 5.13 Å². The monoisotopic (exact) mass is 733 g/mol. The van der Waals surface area contributed by atoms with E-state index in [2.05, 4.69) is 75.9 Å². The van der Waals surface area contributed by atoms with E-state index in [1.165, 1.54) is 28.4 Å². The molecule has 5 rings (SSSR count). The highest BCUT2D eigenvalue weighted by atomic mass is 127. The molecule has 2 aliphatic rings. The predicted molar refractivity (Wildman–Crippen MR) is 185 cm³/mol. The molecule has 2 aromatic carbocycles. The molecular weight excluding hydrogens is 689 g/mol. The number of carboxylic acids is 1. The molecule has 0 spiro atoms. The van der Waals surface area contributed by atoms with Crippen molar-refractivity contribution in [2.75, 3.05) is 42.7 Å². The van der Waals surface area contributed by atoms with Gasteiger partial charge in [-0.05, 0) is 68.9 Å². The number of piperidine rings is 1. The van der Waals surface area contributed by atoms with Gasteiger partial charge in [-0.2, -0.15) is 0 Å². The maximum atomic E-state index is 11.7. The van der Waals surface area contributed by atoms with Crippen LogP contribution >= 0.6 is 33.9 Å². The molecule has 0 aliphatic carbocycles. The Hall–Kier alpha value is -2.41. The molecule has 10 heteroatoms. The first-order chi connectivity index (χ1) is 21.3. The molecule has 1 aromatic heterocycles. The molecule has 1 N–H and O–H groups in total. The number of rotatable bonds is 13. The van der Waals surface area contributed by atoms with Crippen LogP contribution in [0.4, 0.5) is 5.13 Å². The Morgan fingerprint density at radius 3 is 2.77 bits per heavy atom. The van der Waals surface area contributed by atoms with Crippen molar-refractivity contribution in [2.24, 2.45) is 5.92 Å². The Bertz CT molecular complexity index is 1410. The Kier molecular flexibility index (Phi) is 11.4.